The van der Waals surface area contributed by atoms with Crippen LogP contribution >= 0.6 is 24.0 Å². The fourth-order valence-electron chi connectivity index (χ4n) is 3.94. The van der Waals surface area contributed by atoms with Crippen LogP contribution < -0.4 is 20.1 Å². The molecule has 0 aromatic heterocycles. The van der Waals surface area contributed by atoms with Crippen LogP contribution in [0, 0.1) is 0 Å². The maximum Gasteiger partial charge on any atom is 0.191 e. The Balaban J connectivity index is 0.00000385. The van der Waals surface area contributed by atoms with Gasteiger partial charge in [0.15, 0.2) is 5.96 Å². The Bertz CT molecular complexity index is 884. The fourth-order valence-corrected chi connectivity index (χ4v) is 3.94. The highest BCUT2D eigenvalue weighted by Crippen LogP contribution is 2.29. The minimum atomic E-state index is -0.129. The topological polar surface area (TPSA) is 78.4 Å². The number of halogens is 1. The first-order valence-electron chi connectivity index (χ1n) is 11.2. The standard InChI is InChI=1S/C25H36N4O3.HI/c1-18(23-15-22(31-3)9-10-24(23)32-4)28-25(26-2)27-16-19-5-7-20(8-6-19)17-29-13-11-21(30)12-14-29;/h5-10,15,18,21,30H,11-14,16-17H2,1-4H3,(H2,26,27,28);1H. The molecule has 7 nitrogen and oxygen atoms in total. The van der Waals surface area contributed by atoms with E-state index in [0.717, 1.165) is 55.5 Å². The van der Waals surface area contributed by atoms with Gasteiger partial charge in [0.2, 0.25) is 0 Å². The zero-order valence-corrected chi connectivity index (χ0v) is 22.3. The third kappa shape index (κ3) is 8.04. The summed E-state index contributed by atoms with van der Waals surface area (Å²) in [6.07, 6.45) is 1.61. The van der Waals surface area contributed by atoms with Crippen LogP contribution in [0.1, 0.15) is 42.5 Å². The third-order valence-electron chi connectivity index (χ3n) is 5.93. The molecule has 3 N–H and O–H groups in total. The second-order valence-electron chi connectivity index (χ2n) is 8.22. The molecule has 33 heavy (non-hydrogen) atoms. The van der Waals surface area contributed by atoms with E-state index in [1.54, 1.807) is 21.3 Å². The number of nitrogens with zero attached hydrogens (tertiary/aromatic N) is 2. The maximum absolute atomic E-state index is 9.66. The second-order valence-corrected chi connectivity index (χ2v) is 8.22. The number of aliphatic hydroxyl groups excluding tert-OH is 1. The van der Waals surface area contributed by atoms with E-state index in [9.17, 15) is 5.11 Å². The van der Waals surface area contributed by atoms with Crippen molar-refractivity contribution in [2.24, 2.45) is 4.99 Å². The molecule has 1 heterocycles. The summed E-state index contributed by atoms with van der Waals surface area (Å²) in [5.41, 5.74) is 3.49. The van der Waals surface area contributed by atoms with Crippen LogP contribution in [-0.4, -0.2) is 56.4 Å². The van der Waals surface area contributed by atoms with E-state index in [-0.39, 0.29) is 36.1 Å². The van der Waals surface area contributed by atoms with Gasteiger partial charge in [-0.25, -0.2) is 0 Å². The van der Waals surface area contributed by atoms with Crippen molar-refractivity contribution >= 4 is 29.9 Å². The van der Waals surface area contributed by atoms with Crippen LogP contribution in [0.5, 0.6) is 11.5 Å². The zero-order chi connectivity index (χ0) is 22.9. The normalized spacial score (nSPS) is 16.0. The lowest BCUT2D eigenvalue weighted by molar-refractivity contribution is 0.0792. The van der Waals surface area contributed by atoms with Crippen molar-refractivity contribution in [2.45, 2.75) is 45.0 Å². The highest BCUT2D eigenvalue weighted by molar-refractivity contribution is 14.0. The molecule has 1 fully saturated rings. The summed E-state index contributed by atoms with van der Waals surface area (Å²) in [5.74, 6) is 2.32. The van der Waals surface area contributed by atoms with Gasteiger partial charge in [0.25, 0.3) is 0 Å². The molecule has 0 aliphatic carbocycles. The average Bonchev–Trinajstić information content (AvgIpc) is 2.83. The molecule has 1 aliphatic rings. The monoisotopic (exact) mass is 568 g/mol. The number of guanidine groups is 1. The van der Waals surface area contributed by atoms with Crippen LogP contribution in [-0.2, 0) is 13.1 Å². The molecule has 3 rings (SSSR count). The summed E-state index contributed by atoms with van der Waals surface area (Å²) >= 11 is 0. The molecule has 0 bridgehead atoms. The van der Waals surface area contributed by atoms with Crippen molar-refractivity contribution in [3.05, 3.63) is 59.2 Å². The molecule has 2 aromatic rings. The lowest BCUT2D eigenvalue weighted by atomic mass is 10.1. The fraction of sp³-hybridized carbons (Fsp3) is 0.480. The molecular weight excluding hydrogens is 531 g/mol. The quantitative estimate of drug-likeness (QED) is 0.256. The summed E-state index contributed by atoms with van der Waals surface area (Å²) in [6.45, 7) is 5.60. The first kappa shape index (κ1) is 27.2. The van der Waals surface area contributed by atoms with Gasteiger partial charge in [-0.15, -0.1) is 24.0 Å². The second kappa shape index (κ2) is 13.6. The Hall–Kier alpha value is -2.04. The van der Waals surface area contributed by atoms with Crippen LogP contribution in [0.15, 0.2) is 47.5 Å². The Morgan fingerprint density at radius 2 is 1.76 bits per heavy atom. The summed E-state index contributed by atoms with van der Waals surface area (Å²) in [6, 6.07) is 14.4. The van der Waals surface area contributed by atoms with Crippen LogP contribution in [0.4, 0.5) is 0 Å². The number of aliphatic imine (C=N–C) groups is 1. The predicted octanol–water partition coefficient (Wildman–Crippen LogP) is 3.70. The third-order valence-corrected chi connectivity index (χ3v) is 5.93. The molecule has 1 aliphatic heterocycles. The van der Waals surface area contributed by atoms with Crippen molar-refractivity contribution < 1.29 is 14.6 Å². The van der Waals surface area contributed by atoms with Gasteiger partial charge >= 0.3 is 0 Å². The van der Waals surface area contributed by atoms with Crippen molar-refractivity contribution in [2.75, 3.05) is 34.4 Å². The Labute approximate surface area is 214 Å². The average molecular weight is 569 g/mol. The summed E-state index contributed by atoms with van der Waals surface area (Å²) < 4.78 is 10.9. The predicted molar refractivity (Wildman–Crippen MR) is 144 cm³/mol. The minimum absolute atomic E-state index is 0. The van der Waals surface area contributed by atoms with E-state index in [4.69, 9.17) is 9.47 Å². The molecule has 8 heteroatoms. The number of hydrogen-bond acceptors (Lipinski definition) is 5. The van der Waals surface area contributed by atoms with Crippen LogP contribution in [0.3, 0.4) is 0 Å². The number of hydrogen-bond donors (Lipinski definition) is 3. The highest BCUT2D eigenvalue weighted by atomic mass is 127. The van der Waals surface area contributed by atoms with Gasteiger partial charge in [0.1, 0.15) is 11.5 Å². The van der Waals surface area contributed by atoms with E-state index in [2.05, 4.69) is 51.7 Å². The SMILES string of the molecule is CN=C(NCc1ccc(CN2CCC(O)CC2)cc1)NC(C)c1cc(OC)ccc1OC.I. The molecule has 182 valence electrons. The summed E-state index contributed by atoms with van der Waals surface area (Å²) in [4.78, 5) is 6.77. The molecule has 0 spiro atoms. The highest BCUT2D eigenvalue weighted by Gasteiger charge is 2.17. The lowest BCUT2D eigenvalue weighted by Crippen LogP contribution is -2.38. The molecule has 1 unspecified atom stereocenters. The van der Waals surface area contributed by atoms with Crippen molar-refractivity contribution in [3.63, 3.8) is 0 Å². The largest absolute Gasteiger partial charge is 0.497 e. The van der Waals surface area contributed by atoms with Gasteiger partial charge in [-0.2, -0.15) is 0 Å². The number of nitrogens with one attached hydrogen (secondary N) is 2. The number of ether oxygens (including phenoxy) is 2. The maximum atomic E-state index is 9.66. The molecule has 1 saturated heterocycles. The van der Waals surface area contributed by atoms with E-state index in [1.807, 2.05) is 18.2 Å². The van der Waals surface area contributed by atoms with Crippen molar-refractivity contribution in [3.8, 4) is 11.5 Å². The number of piperidine rings is 1. The first-order valence-corrected chi connectivity index (χ1v) is 11.2. The molecule has 0 radical (unpaired) electrons. The molecule has 0 amide bonds. The zero-order valence-electron chi connectivity index (χ0n) is 20.0. The van der Waals surface area contributed by atoms with Gasteiger partial charge in [-0.1, -0.05) is 24.3 Å². The summed E-state index contributed by atoms with van der Waals surface area (Å²) in [7, 11) is 5.10. The van der Waals surface area contributed by atoms with E-state index < -0.39 is 0 Å². The number of benzene rings is 2. The molecule has 0 saturated carbocycles. The van der Waals surface area contributed by atoms with Gasteiger partial charge in [0.05, 0.1) is 26.4 Å². The van der Waals surface area contributed by atoms with Gasteiger partial charge < -0.3 is 25.2 Å². The van der Waals surface area contributed by atoms with Gasteiger partial charge in [-0.05, 0) is 49.1 Å². The Kier molecular flexibility index (Phi) is 11.2. The summed E-state index contributed by atoms with van der Waals surface area (Å²) in [5, 5.41) is 16.5. The molecular formula is C25H37IN4O3. The van der Waals surface area contributed by atoms with Crippen molar-refractivity contribution in [1.29, 1.82) is 0 Å². The number of rotatable bonds is 8. The number of likely N-dealkylation sites (tertiary alicyclic amines) is 1. The van der Waals surface area contributed by atoms with Crippen molar-refractivity contribution in [1.82, 2.24) is 15.5 Å². The lowest BCUT2D eigenvalue weighted by Gasteiger charge is -2.29. The molecule has 2 aromatic carbocycles. The number of aliphatic hydroxyl groups is 1. The Morgan fingerprint density at radius 3 is 2.36 bits per heavy atom. The smallest absolute Gasteiger partial charge is 0.191 e. The van der Waals surface area contributed by atoms with Crippen LogP contribution in [0.25, 0.3) is 0 Å². The van der Waals surface area contributed by atoms with Crippen LogP contribution in [0.2, 0.25) is 0 Å². The Morgan fingerprint density at radius 1 is 1.09 bits per heavy atom. The van der Waals surface area contributed by atoms with E-state index >= 15 is 0 Å². The van der Waals surface area contributed by atoms with E-state index in [1.165, 1.54) is 11.1 Å². The molecule has 1 atom stereocenters. The number of methoxy groups -OCH3 is 2. The van der Waals surface area contributed by atoms with E-state index in [0.29, 0.717) is 6.54 Å². The first-order chi connectivity index (χ1) is 15.5. The minimum Gasteiger partial charge on any atom is -0.497 e. The van der Waals surface area contributed by atoms with Gasteiger partial charge in [0, 0.05) is 38.8 Å². The van der Waals surface area contributed by atoms with Gasteiger partial charge in [-0.3, -0.25) is 9.89 Å².